The molecule has 0 bridgehead atoms. The zero-order valence-electron chi connectivity index (χ0n) is 9.12. The van der Waals surface area contributed by atoms with Crippen LogP contribution < -0.4 is 16.2 Å². The third-order valence-electron chi connectivity index (χ3n) is 2.19. The molecule has 0 aliphatic heterocycles. The Balaban J connectivity index is 2.56. The molecule has 6 nitrogen and oxygen atoms in total. The highest BCUT2D eigenvalue weighted by Crippen LogP contribution is 2.17. The van der Waals surface area contributed by atoms with E-state index in [4.69, 9.17) is 28.4 Å². The average molecular weight is 249 g/mol. The SMILES string of the molecule is COc1ccc(-n2c(N)nc(N)nc2=S)cc1. The summed E-state index contributed by atoms with van der Waals surface area (Å²) < 4.78 is 6.86. The van der Waals surface area contributed by atoms with E-state index in [9.17, 15) is 0 Å². The van der Waals surface area contributed by atoms with Crippen molar-refractivity contribution in [3.05, 3.63) is 29.0 Å². The van der Waals surface area contributed by atoms with Crippen molar-refractivity contribution in [1.29, 1.82) is 0 Å². The maximum atomic E-state index is 5.76. The van der Waals surface area contributed by atoms with Crippen LogP contribution in [0.1, 0.15) is 0 Å². The van der Waals surface area contributed by atoms with Crippen molar-refractivity contribution in [2.45, 2.75) is 0 Å². The van der Waals surface area contributed by atoms with Gasteiger partial charge in [-0.2, -0.15) is 9.97 Å². The quantitative estimate of drug-likeness (QED) is 0.776. The Morgan fingerprint density at radius 3 is 2.35 bits per heavy atom. The van der Waals surface area contributed by atoms with Crippen LogP contribution in [0.5, 0.6) is 5.75 Å². The van der Waals surface area contributed by atoms with E-state index >= 15 is 0 Å². The number of hydrogen-bond acceptors (Lipinski definition) is 6. The molecule has 0 saturated heterocycles. The molecule has 0 aliphatic rings. The minimum atomic E-state index is 0.0669. The number of nitrogens with zero attached hydrogens (tertiary/aromatic N) is 3. The van der Waals surface area contributed by atoms with Crippen LogP contribution in [0.25, 0.3) is 5.69 Å². The van der Waals surface area contributed by atoms with E-state index in [-0.39, 0.29) is 16.7 Å². The first kappa shape index (κ1) is 11.3. The summed E-state index contributed by atoms with van der Waals surface area (Å²) >= 11 is 5.09. The lowest BCUT2D eigenvalue weighted by Gasteiger charge is -2.10. The van der Waals surface area contributed by atoms with E-state index in [0.29, 0.717) is 0 Å². The minimum Gasteiger partial charge on any atom is -0.497 e. The summed E-state index contributed by atoms with van der Waals surface area (Å²) in [6.45, 7) is 0. The van der Waals surface area contributed by atoms with Crippen molar-refractivity contribution < 1.29 is 4.74 Å². The summed E-state index contributed by atoms with van der Waals surface area (Å²) in [5, 5.41) is 0. The fourth-order valence-corrected chi connectivity index (χ4v) is 1.70. The van der Waals surface area contributed by atoms with Gasteiger partial charge in [-0.15, -0.1) is 0 Å². The van der Waals surface area contributed by atoms with Gasteiger partial charge in [-0.1, -0.05) is 0 Å². The Hall–Kier alpha value is -2.15. The highest BCUT2D eigenvalue weighted by molar-refractivity contribution is 7.71. The lowest BCUT2D eigenvalue weighted by atomic mass is 10.3. The summed E-state index contributed by atoms with van der Waals surface area (Å²) in [4.78, 5) is 7.75. The number of anilines is 2. The van der Waals surface area contributed by atoms with Crippen LogP contribution in [0, 0.1) is 4.77 Å². The summed E-state index contributed by atoms with van der Waals surface area (Å²) in [6, 6.07) is 7.22. The van der Waals surface area contributed by atoms with Gasteiger partial charge in [0.05, 0.1) is 12.8 Å². The van der Waals surface area contributed by atoms with Gasteiger partial charge < -0.3 is 16.2 Å². The van der Waals surface area contributed by atoms with Crippen molar-refractivity contribution in [1.82, 2.24) is 14.5 Å². The Bertz CT molecular complexity index is 593. The molecule has 2 aromatic rings. The van der Waals surface area contributed by atoms with Gasteiger partial charge in [0.15, 0.2) is 0 Å². The molecule has 0 radical (unpaired) electrons. The largest absolute Gasteiger partial charge is 0.497 e. The fraction of sp³-hybridized carbons (Fsp3) is 0.100. The number of aromatic nitrogens is 3. The zero-order chi connectivity index (χ0) is 12.4. The van der Waals surface area contributed by atoms with Crippen LogP contribution in [0.4, 0.5) is 11.9 Å². The predicted octanol–water partition coefficient (Wildman–Crippen LogP) is 1.17. The highest BCUT2D eigenvalue weighted by atomic mass is 32.1. The van der Waals surface area contributed by atoms with Crippen molar-refractivity contribution in [3.63, 3.8) is 0 Å². The first-order valence-corrected chi connectivity index (χ1v) is 5.19. The molecular weight excluding hydrogens is 238 g/mol. The maximum absolute atomic E-state index is 5.76. The van der Waals surface area contributed by atoms with Crippen LogP contribution in [0.3, 0.4) is 0 Å². The summed E-state index contributed by atoms with van der Waals surface area (Å²) in [5.41, 5.74) is 12.0. The van der Waals surface area contributed by atoms with Crippen molar-refractivity contribution in [2.75, 3.05) is 18.6 Å². The van der Waals surface area contributed by atoms with Crippen molar-refractivity contribution in [2.24, 2.45) is 0 Å². The van der Waals surface area contributed by atoms with E-state index < -0.39 is 0 Å². The smallest absolute Gasteiger partial charge is 0.225 e. The van der Waals surface area contributed by atoms with Gasteiger partial charge in [-0.05, 0) is 36.5 Å². The second kappa shape index (κ2) is 4.38. The molecule has 1 aromatic heterocycles. The molecule has 1 heterocycles. The topological polar surface area (TPSA) is 92.0 Å². The summed E-state index contributed by atoms with van der Waals surface area (Å²) in [5.74, 6) is 1.01. The monoisotopic (exact) mass is 249 g/mol. The van der Waals surface area contributed by atoms with Crippen LogP contribution >= 0.6 is 12.2 Å². The lowest BCUT2D eigenvalue weighted by Crippen LogP contribution is -2.11. The van der Waals surface area contributed by atoms with Gasteiger partial charge in [0.2, 0.25) is 16.7 Å². The molecule has 2 rings (SSSR count). The molecule has 4 N–H and O–H groups in total. The molecule has 0 saturated carbocycles. The maximum Gasteiger partial charge on any atom is 0.225 e. The predicted molar refractivity (Wildman–Crippen MR) is 67.6 cm³/mol. The Kier molecular flexibility index (Phi) is 2.92. The molecule has 7 heteroatoms. The number of nitrogens with two attached hydrogens (primary N) is 2. The number of nitrogen functional groups attached to an aromatic ring is 2. The van der Waals surface area contributed by atoms with E-state index in [0.717, 1.165) is 11.4 Å². The van der Waals surface area contributed by atoms with Crippen LogP contribution in [0.2, 0.25) is 0 Å². The number of methoxy groups -OCH3 is 1. The van der Waals surface area contributed by atoms with Gasteiger partial charge in [0, 0.05) is 0 Å². The molecule has 1 aromatic carbocycles. The normalized spacial score (nSPS) is 10.2. The zero-order valence-corrected chi connectivity index (χ0v) is 9.94. The van der Waals surface area contributed by atoms with E-state index in [1.165, 1.54) is 4.57 Å². The minimum absolute atomic E-state index is 0.0669. The number of ether oxygens (including phenoxy) is 1. The second-order valence-corrected chi connectivity index (χ2v) is 3.62. The molecular formula is C10H11N5OS. The van der Waals surface area contributed by atoms with E-state index in [1.807, 2.05) is 12.1 Å². The first-order valence-electron chi connectivity index (χ1n) is 4.78. The lowest BCUT2D eigenvalue weighted by molar-refractivity contribution is 0.414. The fourth-order valence-electron chi connectivity index (χ4n) is 1.41. The second-order valence-electron chi connectivity index (χ2n) is 3.26. The molecule has 0 fully saturated rings. The van der Waals surface area contributed by atoms with Crippen molar-refractivity contribution >= 4 is 24.1 Å². The highest BCUT2D eigenvalue weighted by Gasteiger charge is 2.05. The number of hydrogen-bond donors (Lipinski definition) is 2. The Labute approximate surface area is 103 Å². The summed E-state index contributed by atoms with van der Waals surface area (Å²) in [7, 11) is 1.60. The Morgan fingerprint density at radius 1 is 1.18 bits per heavy atom. The summed E-state index contributed by atoms with van der Waals surface area (Å²) in [6.07, 6.45) is 0. The molecule has 0 atom stereocenters. The number of rotatable bonds is 2. The average Bonchev–Trinajstić information content (AvgIpc) is 2.28. The van der Waals surface area contributed by atoms with Crippen molar-refractivity contribution in [3.8, 4) is 11.4 Å². The molecule has 17 heavy (non-hydrogen) atoms. The molecule has 0 unspecified atom stereocenters. The molecule has 88 valence electrons. The van der Waals surface area contributed by atoms with Gasteiger partial charge in [0.1, 0.15) is 5.75 Å². The standard InChI is InChI=1S/C10H11N5OS/c1-16-7-4-2-6(3-5-7)15-9(12)13-8(11)14-10(15)17/h2-5H,1H3,(H4,11,12,13,14,17). The van der Waals surface area contributed by atoms with Crippen LogP contribution in [0.15, 0.2) is 24.3 Å². The third kappa shape index (κ3) is 2.18. The molecule has 0 spiro atoms. The van der Waals surface area contributed by atoms with Gasteiger partial charge in [-0.25, -0.2) is 0 Å². The third-order valence-corrected chi connectivity index (χ3v) is 2.46. The molecule has 0 amide bonds. The van der Waals surface area contributed by atoms with Gasteiger partial charge in [0.25, 0.3) is 0 Å². The Morgan fingerprint density at radius 2 is 1.82 bits per heavy atom. The van der Waals surface area contributed by atoms with E-state index in [2.05, 4.69) is 9.97 Å². The van der Waals surface area contributed by atoms with Crippen LogP contribution in [-0.2, 0) is 0 Å². The number of benzene rings is 1. The first-order chi connectivity index (χ1) is 8.11. The van der Waals surface area contributed by atoms with Gasteiger partial charge >= 0.3 is 0 Å². The van der Waals surface area contributed by atoms with E-state index in [1.54, 1.807) is 19.2 Å². The molecule has 0 aliphatic carbocycles. The van der Waals surface area contributed by atoms with Crippen LogP contribution in [-0.4, -0.2) is 21.6 Å². The van der Waals surface area contributed by atoms with Gasteiger partial charge in [-0.3, -0.25) is 4.57 Å².